The predicted molar refractivity (Wildman–Crippen MR) is 75.3 cm³/mol. The summed E-state index contributed by atoms with van der Waals surface area (Å²) in [6, 6.07) is 9.23. The first kappa shape index (κ1) is 14.2. The summed E-state index contributed by atoms with van der Waals surface area (Å²) in [6.45, 7) is 8.85. The molecule has 0 saturated carbocycles. The number of hydrogen-bond acceptors (Lipinski definition) is 2. The number of likely N-dealkylation sites (N-methyl/N-ethyl adjacent to an activating group) is 2. The van der Waals surface area contributed by atoms with E-state index in [4.69, 9.17) is 0 Å². The third kappa shape index (κ3) is 4.88. The molecule has 0 bridgehead atoms. The van der Waals surface area contributed by atoms with E-state index in [2.05, 4.69) is 62.3 Å². The van der Waals surface area contributed by atoms with Crippen LogP contribution in [0.1, 0.15) is 31.0 Å². The molecular formula is C15H26N2. The van der Waals surface area contributed by atoms with Gasteiger partial charge in [-0.05, 0) is 32.5 Å². The minimum atomic E-state index is 0.416. The highest BCUT2D eigenvalue weighted by Gasteiger charge is 2.12. The van der Waals surface area contributed by atoms with Gasteiger partial charge in [-0.15, -0.1) is 0 Å². The Morgan fingerprint density at radius 2 is 1.71 bits per heavy atom. The van der Waals surface area contributed by atoms with Crippen LogP contribution in [0.15, 0.2) is 24.3 Å². The van der Waals surface area contributed by atoms with Crippen LogP contribution in [-0.4, -0.2) is 32.1 Å². The van der Waals surface area contributed by atoms with Crippen molar-refractivity contribution in [3.8, 4) is 0 Å². The summed E-state index contributed by atoms with van der Waals surface area (Å²) in [5, 5.41) is 3.40. The monoisotopic (exact) mass is 234 g/mol. The van der Waals surface area contributed by atoms with Gasteiger partial charge in [0.2, 0.25) is 0 Å². The standard InChI is InChI=1S/C15H26N2/c1-12(2)10-17(5)11-15(16-4)14-8-6-13(3)7-9-14/h6-9,12,15-16H,10-11H2,1-5H3. The summed E-state index contributed by atoms with van der Waals surface area (Å²) in [7, 11) is 4.23. The molecule has 1 unspecified atom stereocenters. The summed E-state index contributed by atoms with van der Waals surface area (Å²) >= 11 is 0. The molecule has 2 heteroatoms. The lowest BCUT2D eigenvalue weighted by atomic mass is 10.0. The van der Waals surface area contributed by atoms with E-state index in [0.29, 0.717) is 6.04 Å². The van der Waals surface area contributed by atoms with Crippen molar-refractivity contribution in [3.05, 3.63) is 35.4 Å². The van der Waals surface area contributed by atoms with E-state index in [0.717, 1.165) is 19.0 Å². The molecule has 0 heterocycles. The second kappa shape index (κ2) is 6.77. The third-order valence-electron chi connectivity index (χ3n) is 3.00. The Bertz CT molecular complexity index is 316. The Kier molecular flexibility index (Phi) is 5.66. The van der Waals surface area contributed by atoms with Crippen LogP contribution in [-0.2, 0) is 0 Å². The molecule has 1 aromatic carbocycles. The molecule has 0 spiro atoms. The lowest BCUT2D eigenvalue weighted by Crippen LogP contribution is -2.33. The fourth-order valence-corrected chi connectivity index (χ4v) is 2.17. The molecule has 0 aliphatic rings. The quantitative estimate of drug-likeness (QED) is 0.814. The highest BCUT2D eigenvalue weighted by Crippen LogP contribution is 2.15. The van der Waals surface area contributed by atoms with Crippen LogP contribution in [0.2, 0.25) is 0 Å². The Labute approximate surface area is 106 Å². The number of rotatable bonds is 6. The molecule has 0 fully saturated rings. The molecule has 0 amide bonds. The largest absolute Gasteiger partial charge is 0.312 e. The highest BCUT2D eigenvalue weighted by atomic mass is 15.1. The summed E-state index contributed by atoms with van der Waals surface area (Å²) in [4.78, 5) is 2.39. The molecule has 0 aliphatic heterocycles. The lowest BCUT2D eigenvalue weighted by Gasteiger charge is -2.25. The Morgan fingerprint density at radius 3 is 2.18 bits per heavy atom. The number of benzene rings is 1. The van der Waals surface area contributed by atoms with E-state index in [9.17, 15) is 0 Å². The van der Waals surface area contributed by atoms with Gasteiger partial charge in [-0.1, -0.05) is 43.7 Å². The predicted octanol–water partition coefficient (Wildman–Crippen LogP) is 2.84. The van der Waals surface area contributed by atoms with Crippen molar-refractivity contribution in [1.82, 2.24) is 10.2 Å². The van der Waals surface area contributed by atoms with Gasteiger partial charge in [0.1, 0.15) is 0 Å². The van der Waals surface area contributed by atoms with Gasteiger partial charge >= 0.3 is 0 Å². The SMILES string of the molecule is CNC(CN(C)CC(C)C)c1ccc(C)cc1. The van der Waals surface area contributed by atoms with Gasteiger partial charge in [0.15, 0.2) is 0 Å². The third-order valence-corrected chi connectivity index (χ3v) is 3.00. The Hall–Kier alpha value is -0.860. The van der Waals surface area contributed by atoms with E-state index < -0.39 is 0 Å². The second-order valence-electron chi connectivity index (χ2n) is 5.37. The summed E-state index contributed by atoms with van der Waals surface area (Å²) in [6.07, 6.45) is 0. The van der Waals surface area contributed by atoms with Crippen LogP contribution in [0.25, 0.3) is 0 Å². The van der Waals surface area contributed by atoms with Crippen molar-refractivity contribution in [3.63, 3.8) is 0 Å². The molecule has 96 valence electrons. The molecule has 1 atom stereocenters. The van der Waals surface area contributed by atoms with E-state index in [1.165, 1.54) is 11.1 Å². The first-order chi connectivity index (χ1) is 8.02. The van der Waals surface area contributed by atoms with Crippen LogP contribution in [0.3, 0.4) is 0 Å². The van der Waals surface area contributed by atoms with Gasteiger partial charge in [0.05, 0.1) is 0 Å². The van der Waals surface area contributed by atoms with Gasteiger partial charge in [-0.3, -0.25) is 0 Å². The minimum absolute atomic E-state index is 0.416. The molecule has 1 rings (SSSR count). The van der Waals surface area contributed by atoms with Crippen LogP contribution >= 0.6 is 0 Å². The molecule has 0 radical (unpaired) electrons. The van der Waals surface area contributed by atoms with Crippen molar-refractivity contribution in [2.45, 2.75) is 26.8 Å². The number of nitrogens with zero attached hydrogens (tertiary/aromatic N) is 1. The zero-order chi connectivity index (χ0) is 12.8. The summed E-state index contributed by atoms with van der Waals surface area (Å²) in [5.74, 6) is 0.718. The van der Waals surface area contributed by atoms with E-state index >= 15 is 0 Å². The molecule has 0 aliphatic carbocycles. The maximum atomic E-state index is 3.40. The van der Waals surface area contributed by atoms with E-state index in [1.54, 1.807) is 0 Å². The number of aryl methyl sites for hydroxylation is 1. The molecule has 0 aromatic heterocycles. The molecular weight excluding hydrogens is 208 g/mol. The fourth-order valence-electron chi connectivity index (χ4n) is 2.17. The average Bonchev–Trinajstić information content (AvgIpc) is 2.26. The smallest absolute Gasteiger partial charge is 0.0446 e. The van der Waals surface area contributed by atoms with Crippen molar-refractivity contribution in [2.75, 3.05) is 27.2 Å². The molecule has 17 heavy (non-hydrogen) atoms. The number of hydrogen-bond donors (Lipinski definition) is 1. The molecule has 2 nitrogen and oxygen atoms in total. The first-order valence-electron chi connectivity index (χ1n) is 6.45. The van der Waals surface area contributed by atoms with E-state index in [-0.39, 0.29) is 0 Å². The zero-order valence-electron chi connectivity index (χ0n) is 11.8. The Morgan fingerprint density at radius 1 is 1.12 bits per heavy atom. The first-order valence-corrected chi connectivity index (χ1v) is 6.45. The van der Waals surface area contributed by atoms with Crippen LogP contribution in [0.5, 0.6) is 0 Å². The molecule has 0 saturated heterocycles. The van der Waals surface area contributed by atoms with Gasteiger partial charge in [0, 0.05) is 19.1 Å². The van der Waals surface area contributed by atoms with Crippen LogP contribution in [0.4, 0.5) is 0 Å². The maximum absolute atomic E-state index is 3.40. The topological polar surface area (TPSA) is 15.3 Å². The molecule has 1 N–H and O–H groups in total. The lowest BCUT2D eigenvalue weighted by molar-refractivity contribution is 0.267. The normalized spacial score (nSPS) is 13.4. The molecule has 1 aromatic rings. The summed E-state index contributed by atoms with van der Waals surface area (Å²) < 4.78 is 0. The van der Waals surface area contributed by atoms with Gasteiger partial charge < -0.3 is 10.2 Å². The van der Waals surface area contributed by atoms with Gasteiger partial charge in [-0.25, -0.2) is 0 Å². The Balaban J connectivity index is 2.62. The second-order valence-corrected chi connectivity index (χ2v) is 5.37. The fraction of sp³-hybridized carbons (Fsp3) is 0.600. The average molecular weight is 234 g/mol. The minimum Gasteiger partial charge on any atom is -0.312 e. The van der Waals surface area contributed by atoms with Crippen molar-refractivity contribution in [1.29, 1.82) is 0 Å². The van der Waals surface area contributed by atoms with Crippen molar-refractivity contribution in [2.24, 2.45) is 5.92 Å². The van der Waals surface area contributed by atoms with Gasteiger partial charge in [0.25, 0.3) is 0 Å². The van der Waals surface area contributed by atoms with Crippen molar-refractivity contribution >= 4 is 0 Å². The van der Waals surface area contributed by atoms with Crippen LogP contribution < -0.4 is 5.32 Å². The van der Waals surface area contributed by atoms with E-state index in [1.807, 2.05) is 7.05 Å². The highest BCUT2D eigenvalue weighted by molar-refractivity contribution is 5.24. The zero-order valence-corrected chi connectivity index (χ0v) is 11.8. The summed E-state index contributed by atoms with van der Waals surface area (Å²) in [5.41, 5.74) is 2.69. The number of nitrogens with one attached hydrogen (secondary N) is 1. The van der Waals surface area contributed by atoms with Gasteiger partial charge in [-0.2, -0.15) is 0 Å². The van der Waals surface area contributed by atoms with Crippen molar-refractivity contribution < 1.29 is 0 Å². The maximum Gasteiger partial charge on any atom is 0.0446 e. The van der Waals surface area contributed by atoms with Crippen LogP contribution in [0, 0.1) is 12.8 Å².